The molecule has 1 saturated carbocycles. The van der Waals surface area contributed by atoms with E-state index < -0.39 is 0 Å². The molecule has 1 saturated heterocycles. The van der Waals surface area contributed by atoms with Crippen LogP contribution in [0.25, 0.3) is 0 Å². The van der Waals surface area contributed by atoms with Gasteiger partial charge in [-0.3, -0.25) is 4.79 Å². The van der Waals surface area contributed by atoms with Crippen LogP contribution in [0.4, 0.5) is 4.39 Å². The minimum atomic E-state index is -0.237. The van der Waals surface area contributed by atoms with Crippen LogP contribution in [-0.2, 0) is 4.79 Å². The van der Waals surface area contributed by atoms with E-state index in [0.717, 1.165) is 12.1 Å². The normalized spacial score (nSPS) is 23.4. The van der Waals surface area contributed by atoms with Gasteiger partial charge in [-0.2, -0.15) is 0 Å². The highest BCUT2D eigenvalue weighted by Crippen LogP contribution is 2.32. The van der Waals surface area contributed by atoms with Crippen molar-refractivity contribution in [3.63, 3.8) is 0 Å². The second kappa shape index (κ2) is 5.92. The molecule has 1 aromatic rings. The Kier molecular flexibility index (Phi) is 4.01. The van der Waals surface area contributed by atoms with Gasteiger partial charge in [0.15, 0.2) is 0 Å². The SMILES string of the molecule is O=C(CC1CCC1)N1CCNCC1c1cccc(F)c1. The first-order valence-corrected chi connectivity index (χ1v) is 7.49. The molecule has 1 unspecified atom stereocenters. The van der Waals surface area contributed by atoms with Gasteiger partial charge in [-0.05, 0) is 36.5 Å². The first kappa shape index (κ1) is 13.6. The fraction of sp³-hybridized carbons (Fsp3) is 0.562. The zero-order valence-corrected chi connectivity index (χ0v) is 11.6. The Morgan fingerprint density at radius 3 is 2.95 bits per heavy atom. The average molecular weight is 276 g/mol. The number of carbonyl (C=O) groups is 1. The predicted molar refractivity (Wildman–Crippen MR) is 75.7 cm³/mol. The van der Waals surface area contributed by atoms with Gasteiger partial charge in [0.05, 0.1) is 6.04 Å². The number of amides is 1. The first-order valence-electron chi connectivity index (χ1n) is 7.49. The largest absolute Gasteiger partial charge is 0.333 e. The molecule has 1 aliphatic heterocycles. The Morgan fingerprint density at radius 1 is 1.40 bits per heavy atom. The van der Waals surface area contributed by atoms with E-state index in [4.69, 9.17) is 0 Å². The van der Waals surface area contributed by atoms with E-state index in [9.17, 15) is 9.18 Å². The lowest BCUT2D eigenvalue weighted by molar-refractivity contribution is -0.136. The van der Waals surface area contributed by atoms with Crippen molar-refractivity contribution in [2.45, 2.75) is 31.7 Å². The van der Waals surface area contributed by atoms with Gasteiger partial charge in [0, 0.05) is 26.1 Å². The summed E-state index contributed by atoms with van der Waals surface area (Å²) in [7, 11) is 0. The molecular formula is C16H21FN2O. The third-order valence-electron chi connectivity index (χ3n) is 4.49. The van der Waals surface area contributed by atoms with Crippen LogP contribution in [0.1, 0.15) is 37.3 Å². The first-order chi connectivity index (χ1) is 9.74. The fourth-order valence-corrected chi connectivity index (χ4v) is 3.08. The van der Waals surface area contributed by atoms with Crippen LogP contribution in [0.2, 0.25) is 0 Å². The van der Waals surface area contributed by atoms with Gasteiger partial charge in [0.2, 0.25) is 5.91 Å². The average Bonchev–Trinajstić information content (AvgIpc) is 2.43. The molecule has 0 aromatic heterocycles. The Bertz CT molecular complexity index is 487. The zero-order valence-electron chi connectivity index (χ0n) is 11.6. The molecule has 0 radical (unpaired) electrons. The molecule has 1 atom stereocenters. The maximum absolute atomic E-state index is 13.4. The summed E-state index contributed by atoms with van der Waals surface area (Å²) in [6.45, 7) is 2.24. The summed E-state index contributed by atoms with van der Waals surface area (Å²) < 4.78 is 13.4. The molecular weight excluding hydrogens is 255 g/mol. The van der Waals surface area contributed by atoms with Crippen LogP contribution >= 0.6 is 0 Å². The topological polar surface area (TPSA) is 32.3 Å². The molecule has 1 amide bonds. The van der Waals surface area contributed by atoms with Gasteiger partial charge in [-0.15, -0.1) is 0 Å². The van der Waals surface area contributed by atoms with Crippen molar-refractivity contribution in [1.82, 2.24) is 10.2 Å². The molecule has 0 spiro atoms. The number of nitrogens with zero attached hydrogens (tertiary/aromatic N) is 1. The van der Waals surface area contributed by atoms with E-state index in [1.807, 2.05) is 11.0 Å². The molecule has 1 heterocycles. The van der Waals surface area contributed by atoms with E-state index in [1.54, 1.807) is 12.1 Å². The summed E-state index contributed by atoms with van der Waals surface area (Å²) in [4.78, 5) is 14.4. The van der Waals surface area contributed by atoms with Crippen molar-refractivity contribution in [1.29, 1.82) is 0 Å². The summed E-state index contributed by atoms with van der Waals surface area (Å²) in [6.07, 6.45) is 4.28. The molecule has 108 valence electrons. The predicted octanol–water partition coefficient (Wildman–Crippen LogP) is 2.49. The molecule has 3 nitrogen and oxygen atoms in total. The van der Waals surface area contributed by atoms with Gasteiger partial charge in [-0.25, -0.2) is 4.39 Å². The maximum atomic E-state index is 13.4. The van der Waals surface area contributed by atoms with Crippen molar-refractivity contribution in [3.8, 4) is 0 Å². The smallest absolute Gasteiger partial charge is 0.223 e. The lowest BCUT2D eigenvalue weighted by atomic mass is 9.82. The minimum absolute atomic E-state index is 0.0352. The van der Waals surface area contributed by atoms with Gasteiger partial charge < -0.3 is 10.2 Å². The summed E-state index contributed by atoms with van der Waals surface area (Å²) in [5.74, 6) is 0.565. The molecule has 1 aliphatic carbocycles. The van der Waals surface area contributed by atoms with Crippen molar-refractivity contribution >= 4 is 5.91 Å². The number of piperazine rings is 1. The second-order valence-electron chi connectivity index (χ2n) is 5.86. The van der Waals surface area contributed by atoms with Crippen molar-refractivity contribution in [2.75, 3.05) is 19.6 Å². The van der Waals surface area contributed by atoms with Crippen LogP contribution in [0.3, 0.4) is 0 Å². The molecule has 20 heavy (non-hydrogen) atoms. The number of carbonyl (C=O) groups excluding carboxylic acids is 1. The van der Waals surface area contributed by atoms with Gasteiger partial charge in [-0.1, -0.05) is 18.6 Å². The Morgan fingerprint density at radius 2 is 2.25 bits per heavy atom. The Balaban J connectivity index is 1.74. The maximum Gasteiger partial charge on any atom is 0.223 e. The standard InChI is InChI=1S/C16H21FN2O/c17-14-6-2-5-13(10-14)15-11-18-7-8-19(15)16(20)9-12-3-1-4-12/h2,5-6,10,12,15,18H,1,3-4,7-9,11H2. The lowest BCUT2D eigenvalue weighted by Gasteiger charge is -2.38. The molecule has 3 rings (SSSR count). The van der Waals surface area contributed by atoms with E-state index in [1.165, 1.54) is 25.3 Å². The number of nitrogens with one attached hydrogen (secondary N) is 1. The van der Waals surface area contributed by atoms with Gasteiger partial charge in [0.1, 0.15) is 5.82 Å². The van der Waals surface area contributed by atoms with Crippen LogP contribution in [0.5, 0.6) is 0 Å². The number of hydrogen-bond donors (Lipinski definition) is 1. The van der Waals surface area contributed by atoms with Gasteiger partial charge in [0.25, 0.3) is 0 Å². The lowest BCUT2D eigenvalue weighted by Crippen LogP contribution is -2.49. The minimum Gasteiger partial charge on any atom is -0.333 e. The molecule has 1 N–H and O–H groups in total. The molecule has 0 bridgehead atoms. The summed E-state index contributed by atoms with van der Waals surface area (Å²) in [6, 6.07) is 6.58. The van der Waals surface area contributed by atoms with Crippen LogP contribution in [0, 0.1) is 11.7 Å². The summed E-state index contributed by atoms with van der Waals surface area (Å²) >= 11 is 0. The highest BCUT2D eigenvalue weighted by molar-refractivity contribution is 5.77. The van der Waals surface area contributed by atoms with E-state index in [2.05, 4.69) is 5.32 Å². The van der Waals surface area contributed by atoms with E-state index in [-0.39, 0.29) is 17.8 Å². The molecule has 4 heteroatoms. The quantitative estimate of drug-likeness (QED) is 0.920. The zero-order chi connectivity index (χ0) is 13.9. The van der Waals surface area contributed by atoms with Crippen LogP contribution < -0.4 is 5.32 Å². The number of rotatable bonds is 3. The third kappa shape index (κ3) is 2.85. The number of halogens is 1. The Labute approximate surface area is 119 Å². The van der Waals surface area contributed by atoms with E-state index >= 15 is 0 Å². The molecule has 1 aromatic carbocycles. The van der Waals surface area contributed by atoms with Crippen LogP contribution in [-0.4, -0.2) is 30.4 Å². The highest BCUT2D eigenvalue weighted by Gasteiger charge is 2.30. The number of hydrogen-bond acceptors (Lipinski definition) is 2. The third-order valence-corrected chi connectivity index (χ3v) is 4.49. The van der Waals surface area contributed by atoms with E-state index in [0.29, 0.717) is 25.4 Å². The molecule has 2 fully saturated rings. The summed E-state index contributed by atoms with van der Waals surface area (Å²) in [5.41, 5.74) is 0.888. The van der Waals surface area contributed by atoms with Gasteiger partial charge >= 0.3 is 0 Å². The summed E-state index contributed by atoms with van der Waals surface area (Å²) in [5, 5.41) is 3.30. The van der Waals surface area contributed by atoms with Crippen molar-refractivity contribution < 1.29 is 9.18 Å². The highest BCUT2D eigenvalue weighted by atomic mass is 19.1. The van der Waals surface area contributed by atoms with Crippen molar-refractivity contribution in [3.05, 3.63) is 35.6 Å². The van der Waals surface area contributed by atoms with Crippen LogP contribution in [0.15, 0.2) is 24.3 Å². The fourth-order valence-electron chi connectivity index (χ4n) is 3.08. The monoisotopic (exact) mass is 276 g/mol. The van der Waals surface area contributed by atoms with Crippen molar-refractivity contribution in [2.24, 2.45) is 5.92 Å². The second-order valence-corrected chi connectivity index (χ2v) is 5.86. The molecule has 2 aliphatic rings. The number of benzene rings is 1. The Hall–Kier alpha value is -1.42.